The normalized spacial score (nSPS) is 19.4. The van der Waals surface area contributed by atoms with E-state index in [1.807, 2.05) is 36.4 Å². The van der Waals surface area contributed by atoms with E-state index in [1.165, 1.54) is 0 Å². The molecule has 3 aromatic rings. The Labute approximate surface area is 215 Å². The van der Waals surface area contributed by atoms with Crippen LogP contribution in [0.5, 0.6) is 11.5 Å². The molecule has 192 valence electrons. The maximum atomic E-state index is 9.49. The van der Waals surface area contributed by atoms with Crippen LogP contribution in [0.1, 0.15) is 12.8 Å². The zero-order valence-corrected chi connectivity index (χ0v) is 21.4. The lowest BCUT2D eigenvalue weighted by Gasteiger charge is -2.42. The fourth-order valence-corrected chi connectivity index (χ4v) is 5.09. The molecule has 2 aromatic carbocycles. The van der Waals surface area contributed by atoms with Gasteiger partial charge in [0.15, 0.2) is 11.5 Å². The number of benzene rings is 2. The second-order valence-corrected chi connectivity index (χ2v) is 9.55. The number of aliphatic hydroxyl groups excluding tert-OH is 1. The number of methoxy groups -OCH3 is 2. The number of nitrogens with zero attached hydrogens (tertiary/aromatic N) is 4. The number of fused-ring (bicyclic) bond motifs is 1. The minimum atomic E-state index is -0.0888. The molecule has 2 fully saturated rings. The molecule has 0 amide bonds. The fraction of sp³-hybridized carbons (Fsp3) is 0.462. The number of nitrogens with one attached hydrogen (secondary N) is 1. The van der Waals surface area contributed by atoms with Gasteiger partial charge in [0, 0.05) is 54.4 Å². The molecule has 0 spiro atoms. The molecule has 2 aliphatic heterocycles. The summed E-state index contributed by atoms with van der Waals surface area (Å²) < 4.78 is 16.7. The van der Waals surface area contributed by atoms with Gasteiger partial charge >= 0.3 is 0 Å². The molecule has 0 saturated carbocycles. The van der Waals surface area contributed by atoms with Crippen LogP contribution in [-0.4, -0.2) is 85.7 Å². The third-order valence-corrected chi connectivity index (χ3v) is 7.19. The third-order valence-electron chi connectivity index (χ3n) is 6.93. The molecule has 2 N–H and O–H groups in total. The molecule has 9 nitrogen and oxygen atoms in total. The van der Waals surface area contributed by atoms with E-state index in [4.69, 9.17) is 35.8 Å². The lowest BCUT2D eigenvalue weighted by Crippen LogP contribution is -2.52. The molecule has 0 bridgehead atoms. The Bertz CT molecular complexity index is 1190. The summed E-state index contributed by atoms with van der Waals surface area (Å²) >= 11 is 6.08. The molecular formula is C26H32ClN5O4. The summed E-state index contributed by atoms with van der Waals surface area (Å²) in [6.45, 7) is 4.13. The zero-order valence-electron chi connectivity index (χ0n) is 20.6. The number of aliphatic hydroxyl groups is 1. The van der Waals surface area contributed by atoms with E-state index >= 15 is 0 Å². The Morgan fingerprint density at radius 2 is 1.78 bits per heavy atom. The highest BCUT2D eigenvalue weighted by atomic mass is 35.5. The average Bonchev–Trinajstić information content (AvgIpc) is 2.93. The Hall–Kier alpha value is -2.85. The van der Waals surface area contributed by atoms with Crippen molar-refractivity contribution >= 4 is 40.0 Å². The van der Waals surface area contributed by atoms with Gasteiger partial charge in [-0.3, -0.25) is 4.90 Å². The molecule has 1 atom stereocenters. The number of rotatable bonds is 7. The van der Waals surface area contributed by atoms with Gasteiger partial charge in [0.2, 0.25) is 5.95 Å². The van der Waals surface area contributed by atoms with Crippen molar-refractivity contribution in [2.24, 2.45) is 0 Å². The first-order chi connectivity index (χ1) is 17.6. The Balaban J connectivity index is 1.42. The molecule has 36 heavy (non-hydrogen) atoms. The first-order valence-electron chi connectivity index (χ1n) is 12.3. The summed E-state index contributed by atoms with van der Waals surface area (Å²) in [5.41, 5.74) is 1.65. The molecule has 10 heteroatoms. The van der Waals surface area contributed by atoms with Gasteiger partial charge in [-0.25, -0.2) is 4.98 Å². The van der Waals surface area contributed by atoms with Crippen LogP contribution < -0.4 is 19.7 Å². The van der Waals surface area contributed by atoms with Gasteiger partial charge < -0.3 is 29.5 Å². The highest BCUT2D eigenvalue weighted by molar-refractivity contribution is 6.30. The number of piperidine rings is 1. The summed E-state index contributed by atoms with van der Waals surface area (Å²) in [6, 6.07) is 11.8. The third kappa shape index (κ3) is 5.29. The highest BCUT2D eigenvalue weighted by Crippen LogP contribution is 2.36. The second kappa shape index (κ2) is 11.0. The molecule has 0 aliphatic carbocycles. The molecule has 1 aromatic heterocycles. The van der Waals surface area contributed by atoms with Crippen molar-refractivity contribution in [3.63, 3.8) is 0 Å². The van der Waals surface area contributed by atoms with Crippen molar-refractivity contribution in [1.82, 2.24) is 14.9 Å². The number of anilines is 3. The van der Waals surface area contributed by atoms with E-state index in [0.29, 0.717) is 40.9 Å². The molecule has 0 radical (unpaired) electrons. The van der Waals surface area contributed by atoms with E-state index in [2.05, 4.69) is 15.1 Å². The summed E-state index contributed by atoms with van der Waals surface area (Å²) in [6.07, 6.45) is 1.92. The van der Waals surface area contributed by atoms with Crippen LogP contribution >= 0.6 is 11.6 Å². The minimum absolute atomic E-state index is 0.0674. The van der Waals surface area contributed by atoms with Gasteiger partial charge in [0.25, 0.3) is 0 Å². The van der Waals surface area contributed by atoms with Gasteiger partial charge in [0.1, 0.15) is 5.82 Å². The van der Waals surface area contributed by atoms with E-state index in [1.54, 1.807) is 14.2 Å². The van der Waals surface area contributed by atoms with E-state index in [-0.39, 0.29) is 12.7 Å². The summed E-state index contributed by atoms with van der Waals surface area (Å²) in [5, 5.41) is 14.4. The van der Waals surface area contributed by atoms with Crippen LogP contribution in [0.3, 0.4) is 0 Å². The predicted molar refractivity (Wildman–Crippen MR) is 141 cm³/mol. The number of morpholine rings is 1. The highest BCUT2D eigenvalue weighted by Gasteiger charge is 2.30. The first kappa shape index (κ1) is 24.8. The van der Waals surface area contributed by atoms with E-state index in [9.17, 15) is 5.11 Å². The number of halogens is 1. The van der Waals surface area contributed by atoms with Crippen molar-refractivity contribution in [3.8, 4) is 11.5 Å². The van der Waals surface area contributed by atoms with Gasteiger partial charge in [-0.15, -0.1) is 0 Å². The average molecular weight is 514 g/mol. The maximum absolute atomic E-state index is 9.49. The SMILES string of the molecule is COc1cc2nc(N3CCC(N4CCOC(CO)C4)CC3)nc(Nc3ccc(Cl)cc3)c2cc1OC. The van der Waals surface area contributed by atoms with Crippen LogP contribution in [0.25, 0.3) is 10.9 Å². The topological polar surface area (TPSA) is 92.2 Å². The summed E-state index contributed by atoms with van der Waals surface area (Å²) in [5.74, 6) is 2.61. The fourth-order valence-electron chi connectivity index (χ4n) is 4.97. The molecule has 2 aliphatic rings. The largest absolute Gasteiger partial charge is 0.493 e. The smallest absolute Gasteiger partial charge is 0.227 e. The van der Waals surface area contributed by atoms with Crippen molar-refractivity contribution < 1.29 is 19.3 Å². The van der Waals surface area contributed by atoms with Crippen molar-refractivity contribution in [2.45, 2.75) is 25.0 Å². The number of hydrogen-bond donors (Lipinski definition) is 2. The van der Waals surface area contributed by atoms with Crippen molar-refractivity contribution in [2.75, 3.05) is 63.8 Å². The summed E-state index contributed by atoms with van der Waals surface area (Å²) in [7, 11) is 3.24. The molecular weight excluding hydrogens is 482 g/mol. The molecule has 1 unspecified atom stereocenters. The van der Waals surface area contributed by atoms with Crippen LogP contribution in [0.2, 0.25) is 5.02 Å². The van der Waals surface area contributed by atoms with Gasteiger partial charge in [-0.2, -0.15) is 4.98 Å². The molecule has 2 saturated heterocycles. The van der Waals surface area contributed by atoms with Crippen LogP contribution in [0, 0.1) is 0 Å². The monoisotopic (exact) mass is 513 g/mol. The Kier molecular flexibility index (Phi) is 7.62. The number of aromatic nitrogens is 2. The second-order valence-electron chi connectivity index (χ2n) is 9.12. The minimum Gasteiger partial charge on any atom is -0.493 e. The van der Waals surface area contributed by atoms with Crippen molar-refractivity contribution in [3.05, 3.63) is 41.4 Å². The van der Waals surface area contributed by atoms with Gasteiger partial charge in [0.05, 0.1) is 39.1 Å². The first-order valence-corrected chi connectivity index (χ1v) is 12.6. The standard InChI is InChI=1S/C26H32ClN5O4/c1-34-23-13-21-22(14-24(23)35-2)29-26(30-25(21)28-18-5-3-17(27)4-6-18)31-9-7-19(8-10-31)32-11-12-36-20(15-32)16-33/h3-6,13-14,19-20,33H,7-12,15-16H2,1-2H3,(H,28,29,30). The Morgan fingerprint density at radius 3 is 2.47 bits per heavy atom. The van der Waals surface area contributed by atoms with Crippen LogP contribution in [-0.2, 0) is 4.74 Å². The summed E-state index contributed by atoms with van der Waals surface area (Å²) in [4.78, 5) is 14.5. The van der Waals surface area contributed by atoms with Crippen LogP contribution in [0.15, 0.2) is 36.4 Å². The quantitative estimate of drug-likeness (QED) is 0.490. The van der Waals surface area contributed by atoms with E-state index < -0.39 is 0 Å². The van der Waals surface area contributed by atoms with Crippen LogP contribution in [0.4, 0.5) is 17.5 Å². The van der Waals surface area contributed by atoms with Gasteiger partial charge in [-0.1, -0.05) is 11.6 Å². The predicted octanol–water partition coefficient (Wildman–Crippen LogP) is 3.71. The molecule has 5 rings (SSSR count). The Morgan fingerprint density at radius 1 is 1.06 bits per heavy atom. The number of hydrogen-bond acceptors (Lipinski definition) is 9. The molecule has 3 heterocycles. The maximum Gasteiger partial charge on any atom is 0.227 e. The van der Waals surface area contributed by atoms with Crippen molar-refractivity contribution in [1.29, 1.82) is 0 Å². The van der Waals surface area contributed by atoms with Gasteiger partial charge in [-0.05, 0) is 43.2 Å². The number of ether oxygens (including phenoxy) is 3. The van der Waals surface area contributed by atoms with E-state index in [0.717, 1.165) is 55.6 Å². The zero-order chi connectivity index (χ0) is 25.1. The lowest BCUT2D eigenvalue weighted by molar-refractivity contribution is -0.0671. The lowest BCUT2D eigenvalue weighted by atomic mass is 10.0.